The second kappa shape index (κ2) is 11.3. The SMILES string of the molecule is CCOc1ccc(C(=O)Oc2ccc(/C=N\NC(=O)c3cccc(OC)c3)cc2OC)cc1. The van der Waals surface area contributed by atoms with E-state index in [9.17, 15) is 9.59 Å². The maximum atomic E-state index is 12.5. The van der Waals surface area contributed by atoms with E-state index in [4.69, 9.17) is 18.9 Å². The van der Waals surface area contributed by atoms with Crippen LogP contribution in [0.15, 0.2) is 71.8 Å². The van der Waals surface area contributed by atoms with E-state index in [0.29, 0.717) is 40.5 Å². The molecule has 3 aromatic rings. The largest absolute Gasteiger partial charge is 0.497 e. The maximum Gasteiger partial charge on any atom is 0.343 e. The van der Waals surface area contributed by atoms with Gasteiger partial charge < -0.3 is 18.9 Å². The highest BCUT2D eigenvalue weighted by Gasteiger charge is 2.13. The fourth-order valence-electron chi connectivity index (χ4n) is 2.86. The number of benzene rings is 3. The van der Waals surface area contributed by atoms with Gasteiger partial charge in [-0.1, -0.05) is 6.07 Å². The van der Waals surface area contributed by atoms with Gasteiger partial charge >= 0.3 is 5.97 Å². The molecule has 170 valence electrons. The molecule has 3 aromatic carbocycles. The molecule has 0 heterocycles. The van der Waals surface area contributed by atoms with Gasteiger partial charge in [-0.2, -0.15) is 5.10 Å². The Morgan fingerprint density at radius 2 is 1.67 bits per heavy atom. The first kappa shape index (κ1) is 23.3. The second-order valence-electron chi connectivity index (χ2n) is 6.69. The Morgan fingerprint density at radius 3 is 2.36 bits per heavy atom. The molecule has 0 aliphatic carbocycles. The topological polar surface area (TPSA) is 95.5 Å². The highest BCUT2D eigenvalue weighted by atomic mass is 16.6. The summed E-state index contributed by atoms with van der Waals surface area (Å²) in [7, 11) is 3.00. The predicted octanol–water partition coefficient (Wildman–Crippen LogP) is 4.09. The first-order chi connectivity index (χ1) is 16.0. The number of hydrogen-bond donors (Lipinski definition) is 1. The van der Waals surface area contributed by atoms with Crippen LogP contribution in [0, 0.1) is 0 Å². The molecule has 1 N–H and O–H groups in total. The molecular formula is C25H24N2O6. The number of carbonyl (C=O) groups is 2. The van der Waals surface area contributed by atoms with Crippen molar-refractivity contribution in [3.05, 3.63) is 83.4 Å². The van der Waals surface area contributed by atoms with Gasteiger partial charge in [0.25, 0.3) is 5.91 Å². The third-order valence-corrected chi connectivity index (χ3v) is 4.50. The maximum absolute atomic E-state index is 12.5. The van der Waals surface area contributed by atoms with E-state index in [-0.39, 0.29) is 11.7 Å². The average Bonchev–Trinajstić information content (AvgIpc) is 2.85. The van der Waals surface area contributed by atoms with Gasteiger partial charge in [-0.15, -0.1) is 0 Å². The number of ether oxygens (including phenoxy) is 4. The first-order valence-corrected chi connectivity index (χ1v) is 10.1. The minimum atomic E-state index is -0.525. The molecule has 0 bridgehead atoms. The zero-order chi connectivity index (χ0) is 23.6. The number of amides is 1. The molecule has 33 heavy (non-hydrogen) atoms. The summed E-state index contributed by atoms with van der Waals surface area (Å²) >= 11 is 0. The summed E-state index contributed by atoms with van der Waals surface area (Å²) in [5, 5.41) is 3.97. The fourth-order valence-corrected chi connectivity index (χ4v) is 2.86. The normalized spacial score (nSPS) is 10.5. The van der Waals surface area contributed by atoms with Crippen LogP contribution in [0.5, 0.6) is 23.0 Å². The molecule has 8 heteroatoms. The molecule has 0 saturated carbocycles. The Hall–Kier alpha value is -4.33. The van der Waals surface area contributed by atoms with Crippen LogP contribution >= 0.6 is 0 Å². The van der Waals surface area contributed by atoms with Crippen LogP contribution < -0.4 is 24.4 Å². The van der Waals surface area contributed by atoms with Crippen molar-refractivity contribution in [1.29, 1.82) is 0 Å². The van der Waals surface area contributed by atoms with Crippen molar-refractivity contribution < 1.29 is 28.5 Å². The van der Waals surface area contributed by atoms with E-state index in [1.807, 2.05) is 6.92 Å². The highest BCUT2D eigenvalue weighted by Crippen LogP contribution is 2.28. The molecule has 0 aliphatic rings. The molecule has 3 rings (SSSR count). The van der Waals surface area contributed by atoms with E-state index in [1.54, 1.807) is 66.7 Å². The van der Waals surface area contributed by atoms with Crippen molar-refractivity contribution in [3.63, 3.8) is 0 Å². The van der Waals surface area contributed by atoms with Crippen LogP contribution in [0.3, 0.4) is 0 Å². The minimum absolute atomic E-state index is 0.258. The molecule has 0 spiro atoms. The molecular weight excluding hydrogens is 424 g/mol. The number of esters is 1. The number of nitrogens with one attached hydrogen (secondary N) is 1. The monoisotopic (exact) mass is 448 g/mol. The zero-order valence-corrected chi connectivity index (χ0v) is 18.5. The Balaban J connectivity index is 1.65. The molecule has 0 aliphatic heterocycles. The third kappa shape index (κ3) is 6.33. The first-order valence-electron chi connectivity index (χ1n) is 10.1. The van der Waals surface area contributed by atoms with Gasteiger partial charge in [0.1, 0.15) is 11.5 Å². The number of hydrogen-bond acceptors (Lipinski definition) is 7. The van der Waals surface area contributed by atoms with Gasteiger partial charge in [-0.05, 0) is 73.2 Å². The molecule has 0 unspecified atom stereocenters. The standard InChI is InChI=1S/C25H24N2O6/c1-4-32-20-11-9-18(10-12-20)25(29)33-22-13-8-17(14-23(22)31-3)16-26-27-24(28)19-6-5-7-21(15-19)30-2/h5-16H,4H2,1-3H3,(H,27,28)/b26-16-. The Morgan fingerprint density at radius 1 is 0.879 bits per heavy atom. The summed E-state index contributed by atoms with van der Waals surface area (Å²) in [6.07, 6.45) is 1.46. The van der Waals surface area contributed by atoms with Crippen LogP contribution in [-0.4, -0.2) is 38.9 Å². The summed E-state index contributed by atoms with van der Waals surface area (Å²) in [5.41, 5.74) is 3.89. The summed E-state index contributed by atoms with van der Waals surface area (Å²) < 4.78 is 21.3. The Labute approximate surface area is 191 Å². The van der Waals surface area contributed by atoms with Gasteiger partial charge in [0, 0.05) is 5.56 Å². The van der Waals surface area contributed by atoms with Crippen molar-refractivity contribution >= 4 is 18.1 Å². The fraction of sp³-hybridized carbons (Fsp3) is 0.160. The van der Waals surface area contributed by atoms with Crippen molar-refractivity contribution in [3.8, 4) is 23.0 Å². The molecule has 0 atom stereocenters. The Bertz CT molecular complexity index is 1140. The predicted molar refractivity (Wildman–Crippen MR) is 124 cm³/mol. The van der Waals surface area contributed by atoms with E-state index < -0.39 is 5.97 Å². The van der Waals surface area contributed by atoms with Gasteiger partial charge in [0.05, 0.1) is 32.6 Å². The van der Waals surface area contributed by atoms with Crippen molar-refractivity contribution in [1.82, 2.24) is 5.43 Å². The van der Waals surface area contributed by atoms with Crippen LogP contribution in [0.1, 0.15) is 33.2 Å². The van der Waals surface area contributed by atoms with Crippen LogP contribution in [0.25, 0.3) is 0 Å². The van der Waals surface area contributed by atoms with E-state index in [2.05, 4.69) is 10.5 Å². The molecule has 0 fully saturated rings. The highest BCUT2D eigenvalue weighted by molar-refractivity contribution is 5.95. The lowest BCUT2D eigenvalue weighted by atomic mass is 10.2. The minimum Gasteiger partial charge on any atom is -0.497 e. The van der Waals surface area contributed by atoms with Crippen LogP contribution in [-0.2, 0) is 0 Å². The van der Waals surface area contributed by atoms with Crippen molar-refractivity contribution in [2.24, 2.45) is 5.10 Å². The number of hydrazone groups is 1. The average molecular weight is 448 g/mol. The van der Waals surface area contributed by atoms with Gasteiger partial charge in [0.15, 0.2) is 11.5 Å². The number of carbonyl (C=O) groups excluding carboxylic acids is 2. The summed E-state index contributed by atoms with van der Waals surface area (Å²) in [5.74, 6) is 0.952. The lowest BCUT2D eigenvalue weighted by molar-refractivity contribution is 0.0729. The quantitative estimate of drug-likeness (QED) is 0.229. The van der Waals surface area contributed by atoms with E-state index in [1.165, 1.54) is 20.4 Å². The summed E-state index contributed by atoms with van der Waals surface area (Å²) in [6.45, 7) is 2.43. The second-order valence-corrected chi connectivity index (χ2v) is 6.69. The smallest absolute Gasteiger partial charge is 0.343 e. The van der Waals surface area contributed by atoms with Crippen molar-refractivity contribution in [2.45, 2.75) is 6.92 Å². The zero-order valence-electron chi connectivity index (χ0n) is 18.5. The summed E-state index contributed by atoms with van der Waals surface area (Å²) in [6, 6.07) is 18.3. The lowest BCUT2D eigenvalue weighted by Crippen LogP contribution is -2.17. The van der Waals surface area contributed by atoms with E-state index in [0.717, 1.165) is 0 Å². The molecule has 8 nitrogen and oxygen atoms in total. The van der Waals surface area contributed by atoms with Gasteiger partial charge in [-0.25, -0.2) is 10.2 Å². The molecule has 1 amide bonds. The number of methoxy groups -OCH3 is 2. The van der Waals surface area contributed by atoms with Gasteiger partial charge in [0.2, 0.25) is 0 Å². The number of nitrogens with zero attached hydrogens (tertiary/aromatic N) is 1. The summed E-state index contributed by atoms with van der Waals surface area (Å²) in [4.78, 5) is 24.7. The lowest BCUT2D eigenvalue weighted by Gasteiger charge is -2.10. The Kier molecular flexibility index (Phi) is 8.02. The van der Waals surface area contributed by atoms with Crippen molar-refractivity contribution in [2.75, 3.05) is 20.8 Å². The molecule has 0 saturated heterocycles. The van der Waals surface area contributed by atoms with Crippen LogP contribution in [0.4, 0.5) is 0 Å². The van der Waals surface area contributed by atoms with Gasteiger partial charge in [-0.3, -0.25) is 4.79 Å². The third-order valence-electron chi connectivity index (χ3n) is 4.50. The number of rotatable bonds is 9. The molecule has 0 aromatic heterocycles. The van der Waals surface area contributed by atoms with E-state index >= 15 is 0 Å². The molecule has 0 radical (unpaired) electrons. The van der Waals surface area contributed by atoms with Crippen LogP contribution in [0.2, 0.25) is 0 Å².